The quantitative estimate of drug-likeness (QED) is 0.305. The van der Waals surface area contributed by atoms with Gasteiger partial charge in [-0.05, 0) is 63.0 Å². The first kappa shape index (κ1) is 25.7. The Labute approximate surface area is 210 Å². The first-order chi connectivity index (χ1) is 17.2. The lowest BCUT2D eigenvalue weighted by molar-refractivity contribution is -0.146. The lowest BCUT2D eigenvalue weighted by Gasteiger charge is -2.32. The maximum Gasteiger partial charge on any atom is 0.305 e. The summed E-state index contributed by atoms with van der Waals surface area (Å²) in [4.78, 5) is 40.7. The fourth-order valence-corrected chi connectivity index (χ4v) is 5.77. The number of rotatable bonds is 9. The summed E-state index contributed by atoms with van der Waals surface area (Å²) >= 11 is 0. The van der Waals surface area contributed by atoms with Crippen LogP contribution in [0, 0.1) is 5.41 Å². The summed E-state index contributed by atoms with van der Waals surface area (Å²) in [6.07, 6.45) is 4.32. The molecule has 6 N–H and O–H groups in total. The van der Waals surface area contributed by atoms with E-state index in [1.165, 1.54) is 10.6 Å². The van der Waals surface area contributed by atoms with Crippen molar-refractivity contribution in [3.63, 3.8) is 0 Å². The number of hydrogen-bond donors (Lipinski definition) is 4. The molecule has 1 aromatic heterocycles. The van der Waals surface area contributed by atoms with Crippen LogP contribution in [0.1, 0.15) is 56.7 Å². The van der Waals surface area contributed by atoms with Crippen molar-refractivity contribution in [2.75, 3.05) is 13.1 Å². The van der Waals surface area contributed by atoms with Gasteiger partial charge in [0.25, 0.3) is 0 Å². The fourth-order valence-electron chi connectivity index (χ4n) is 5.77. The third-order valence-electron chi connectivity index (χ3n) is 7.54. The van der Waals surface area contributed by atoms with Crippen molar-refractivity contribution in [2.24, 2.45) is 11.5 Å². The number of nitrogen functional groups attached to an aromatic ring is 1. The first-order valence-corrected chi connectivity index (χ1v) is 12.8. The highest BCUT2D eigenvalue weighted by Crippen LogP contribution is 2.29. The predicted octanol–water partition coefficient (Wildman–Crippen LogP) is 1.66. The van der Waals surface area contributed by atoms with Crippen molar-refractivity contribution >= 4 is 34.5 Å². The molecule has 10 nitrogen and oxygen atoms in total. The average molecular weight is 497 g/mol. The van der Waals surface area contributed by atoms with Crippen molar-refractivity contribution in [3.8, 4) is 0 Å². The normalized spacial score (nSPS) is 20.7. The van der Waals surface area contributed by atoms with Gasteiger partial charge in [0, 0.05) is 42.5 Å². The summed E-state index contributed by atoms with van der Waals surface area (Å²) in [5.41, 5.74) is 14.4. The Morgan fingerprint density at radius 1 is 1.14 bits per heavy atom. The van der Waals surface area contributed by atoms with Gasteiger partial charge in [-0.2, -0.15) is 0 Å². The van der Waals surface area contributed by atoms with E-state index in [-0.39, 0.29) is 17.8 Å². The molecule has 2 aromatic rings. The molecule has 3 atom stereocenters. The molecule has 2 fully saturated rings. The van der Waals surface area contributed by atoms with Crippen molar-refractivity contribution < 1.29 is 19.5 Å². The van der Waals surface area contributed by atoms with E-state index in [1.54, 1.807) is 0 Å². The number of carboxylic acids is 1. The molecule has 36 heavy (non-hydrogen) atoms. The minimum Gasteiger partial charge on any atom is -0.481 e. The second-order valence-corrected chi connectivity index (χ2v) is 9.83. The van der Waals surface area contributed by atoms with Crippen LogP contribution in [0.5, 0.6) is 0 Å². The smallest absolute Gasteiger partial charge is 0.305 e. The van der Waals surface area contributed by atoms with Gasteiger partial charge in [0.2, 0.25) is 11.8 Å². The van der Waals surface area contributed by atoms with Crippen molar-refractivity contribution in [1.82, 2.24) is 14.4 Å². The van der Waals surface area contributed by atoms with Crippen LogP contribution >= 0.6 is 0 Å². The second-order valence-electron chi connectivity index (χ2n) is 9.83. The number of carbonyl (C=O) groups excluding carboxylic acids is 2. The molecule has 2 saturated heterocycles. The molecule has 3 unspecified atom stereocenters. The summed E-state index contributed by atoms with van der Waals surface area (Å²) in [6.45, 7) is 3.99. The topological polar surface area (TPSA) is 159 Å². The number of aryl methyl sites for hydroxylation is 2. The summed E-state index contributed by atoms with van der Waals surface area (Å²) < 4.78 is 2.24. The number of aliphatic carboxylic acids is 1. The Bertz CT molecular complexity index is 1170. The van der Waals surface area contributed by atoms with E-state index in [0.717, 1.165) is 43.1 Å². The lowest BCUT2D eigenvalue weighted by atomic mass is 10.1. The number of fused-ring (bicyclic) bond motifs is 1. The largest absolute Gasteiger partial charge is 0.481 e. The standard InChI is InChI=1S/C26H36N6O4/c1-2-30-19(13-16-7-8-17(24(28)29)14-22(16)30)10-9-18-5-3-11-31(18)26(36)21-6-4-12-32(21)25(35)20(27)15-23(33)34/h7-8,13-14,18,20-21H,2-6,9-12,15,27H2,1H3,(H3,28,29)(H,33,34). The lowest BCUT2D eigenvalue weighted by Crippen LogP contribution is -2.53. The number of hydrogen-bond acceptors (Lipinski definition) is 5. The van der Waals surface area contributed by atoms with E-state index in [1.807, 2.05) is 23.1 Å². The molecule has 2 amide bonds. The Morgan fingerprint density at radius 2 is 1.86 bits per heavy atom. The van der Waals surface area contributed by atoms with Gasteiger partial charge in [0.1, 0.15) is 11.9 Å². The first-order valence-electron chi connectivity index (χ1n) is 12.8. The minimum atomic E-state index is -1.13. The molecule has 0 saturated carbocycles. The molecule has 0 aliphatic carbocycles. The Hall–Kier alpha value is -3.40. The van der Waals surface area contributed by atoms with E-state index >= 15 is 0 Å². The molecular formula is C26H36N6O4. The summed E-state index contributed by atoms with van der Waals surface area (Å²) in [5, 5.41) is 17.8. The van der Waals surface area contributed by atoms with Crippen LogP contribution in [0.3, 0.4) is 0 Å². The van der Waals surface area contributed by atoms with Gasteiger partial charge in [-0.1, -0.05) is 12.1 Å². The van der Waals surface area contributed by atoms with Crippen LogP contribution in [0.15, 0.2) is 24.3 Å². The molecular weight excluding hydrogens is 460 g/mol. The molecule has 194 valence electrons. The van der Waals surface area contributed by atoms with E-state index in [9.17, 15) is 14.4 Å². The van der Waals surface area contributed by atoms with Gasteiger partial charge in [0.05, 0.1) is 12.5 Å². The molecule has 4 rings (SSSR count). The Morgan fingerprint density at radius 3 is 2.56 bits per heavy atom. The maximum atomic E-state index is 13.5. The zero-order valence-corrected chi connectivity index (χ0v) is 20.8. The third-order valence-corrected chi connectivity index (χ3v) is 7.54. The third kappa shape index (κ3) is 5.09. The van der Waals surface area contributed by atoms with Gasteiger partial charge in [-0.25, -0.2) is 0 Å². The van der Waals surface area contributed by atoms with Gasteiger partial charge in [0.15, 0.2) is 0 Å². The molecule has 0 spiro atoms. The number of likely N-dealkylation sites (tertiary alicyclic amines) is 2. The van der Waals surface area contributed by atoms with Crippen molar-refractivity contribution in [3.05, 3.63) is 35.5 Å². The van der Waals surface area contributed by atoms with Gasteiger partial charge < -0.3 is 30.9 Å². The molecule has 0 bridgehead atoms. The van der Waals surface area contributed by atoms with Gasteiger partial charge >= 0.3 is 5.97 Å². The highest BCUT2D eigenvalue weighted by molar-refractivity contribution is 5.98. The molecule has 0 radical (unpaired) electrons. The summed E-state index contributed by atoms with van der Waals surface area (Å²) in [6, 6.07) is 6.38. The van der Waals surface area contributed by atoms with Crippen molar-refractivity contribution in [2.45, 2.75) is 76.5 Å². The number of nitrogens with two attached hydrogens (primary N) is 2. The number of amides is 2. The van der Waals surface area contributed by atoms with Crippen LogP contribution in [0.4, 0.5) is 0 Å². The molecule has 2 aliphatic rings. The Kier molecular flexibility index (Phi) is 7.63. The minimum absolute atomic E-state index is 0.0470. The summed E-state index contributed by atoms with van der Waals surface area (Å²) in [7, 11) is 0. The molecule has 1 aromatic carbocycles. The monoisotopic (exact) mass is 496 g/mol. The average Bonchev–Trinajstić information content (AvgIpc) is 3.58. The van der Waals surface area contributed by atoms with Crippen LogP contribution < -0.4 is 11.5 Å². The molecule has 10 heteroatoms. The second kappa shape index (κ2) is 10.7. The van der Waals surface area contributed by atoms with E-state index in [4.69, 9.17) is 22.0 Å². The van der Waals surface area contributed by atoms with Gasteiger partial charge in [-0.3, -0.25) is 19.8 Å². The fraction of sp³-hybridized carbons (Fsp3) is 0.538. The number of amidine groups is 1. The predicted molar refractivity (Wildman–Crippen MR) is 137 cm³/mol. The number of benzene rings is 1. The SMILES string of the molecule is CCn1c(CCC2CCCN2C(=O)C2CCCN2C(=O)C(N)CC(=O)O)cc2ccc(C(=N)N)cc21. The molecule has 2 aliphatic heterocycles. The van der Waals surface area contributed by atoms with Crippen LogP contribution in [-0.4, -0.2) is 74.3 Å². The number of nitrogens with zero attached hydrogens (tertiary/aromatic N) is 3. The zero-order valence-electron chi connectivity index (χ0n) is 20.8. The highest BCUT2D eigenvalue weighted by Gasteiger charge is 2.41. The van der Waals surface area contributed by atoms with Gasteiger partial charge in [-0.15, -0.1) is 0 Å². The maximum absolute atomic E-state index is 13.5. The number of carboxylic acid groups (broad SMARTS) is 1. The number of carbonyl (C=O) groups is 3. The summed E-state index contributed by atoms with van der Waals surface area (Å²) in [5.74, 6) is -1.58. The van der Waals surface area contributed by atoms with Crippen LogP contribution in [-0.2, 0) is 27.3 Å². The number of aromatic nitrogens is 1. The van der Waals surface area contributed by atoms with E-state index < -0.39 is 30.4 Å². The van der Waals surface area contributed by atoms with Crippen molar-refractivity contribution in [1.29, 1.82) is 5.41 Å². The van der Waals surface area contributed by atoms with E-state index in [0.29, 0.717) is 31.5 Å². The Balaban J connectivity index is 1.46. The highest BCUT2D eigenvalue weighted by atomic mass is 16.4. The molecule has 3 heterocycles. The van der Waals surface area contributed by atoms with Crippen LogP contribution in [0.2, 0.25) is 0 Å². The number of nitrogens with one attached hydrogen (secondary N) is 1. The van der Waals surface area contributed by atoms with Crippen LogP contribution in [0.25, 0.3) is 10.9 Å². The zero-order chi connectivity index (χ0) is 26.0. The van der Waals surface area contributed by atoms with E-state index in [2.05, 4.69) is 17.6 Å².